The molecule has 4 N–H and O–H groups in total. The van der Waals surface area contributed by atoms with Crippen molar-refractivity contribution in [3.05, 3.63) is 121 Å². The van der Waals surface area contributed by atoms with Crippen LogP contribution in [0.15, 0.2) is 103 Å². The molecule has 2 aromatic heterocycles. The molecule has 0 radical (unpaired) electrons. The van der Waals surface area contributed by atoms with E-state index >= 15 is 0 Å². The Balaban J connectivity index is 0.838. The average Bonchev–Trinajstić information content (AvgIpc) is 3.97. The maximum Gasteiger partial charge on any atom is 0.407 e. The van der Waals surface area contributed by atoms with Crippen molar-refractivity contribution >= 4 is 34.8 Å². The fraction of sp³-hybridized carbons (Fsp3) is 0.373. The lowest BCUT2D eigenvalue weighted by Crippen LogP contribution is -2.51. The number of aromatic amines is 2. The molecule has 1 spiro atoms. The van der Waals surface area contributed by atoms with Crippen LogP contribution < -0.4 is 10.6 Å². The monoisotopic (exact) mass is 874 g/mol. The van der Waals surface area contributed by atoms with Crippen molar-refractivity contribution in [2.45, 2.75) is 82.6 Å². The van der Waals surface area contributed by atoms with E-state index < -0.39 is 24.3 Å². The lowest BCUT2D eigenvalue weighted by molar-refractivity contribution is -0.138. The minimum atomic E-state index is -0.874. The van der Waals surface area contributed by atoms with Crippen LogP contribution in [0, 0.1) is 17.3 Å². The van der Waals surface area contributed by atoms with Gasteiger partial charge in [-0.1, -0.05) is 92.7 Å². The maximum absolute atomic E-state index is 14.3. The van der Waals surface area contributed by atoms with Gasteiger partial charge < -0.3 is 39.9 Å². The molecule has 2 saturated heterocycles. The molecule has 334 valence electrons. The van der Waals surface area contributed by atoms with Crippen molar-refractivity contribution in [1.82, 2.24) is 40.4 Å². The zero-order chi connectivity index (χ0) is 45.0. The molecule has 4 aromatic carbocycles. The number of alkyl carbamates (subject to hydrolysis) is 2. The van der Waals surface area contributed by atoms with Crippen LogP contribution in [0.2, 0.25) is 0 Å². The number of hydrogen-bond acceptors (Lipinski definition) is 8. The van der Waals surface area contributed by atoms with Gasteiger partial charge in [0.2, 0.25) is 5.91 Å². The number of piperidine rings is 1. The highest BCUT2D eigenvalue weighted by atomic mass is 16.5. The van der Waals surface area contributed by atoms with E-state index in [4.69, 9.17) is 19.4 Å². The first-order valence-electron chi connectivity index (χ1n) is 22.6. The number of hydrogen-bond donors (Lipinski definition) is 4. The van der Waals surface area contributed by atoms with Crippen molar-refractivity contribution in [3.63, 3.8) is 0 Å². The zero-order valence-electron chi connectivity index (χ0n) is 37.0. The molecule has 6 atom stereocenters. The standard InChI is InChI=1S/C51H54N8O6/c1-29(2)42(56-49(62)64-3)47(60)58-28-51(20-21-51)25-41(58)45-52-27-40(54-45)36-17-16-34-22-33(14-15-35(34)23-36)30-10-12-31(13-11-30)39-26-53-46(55-39)44-37-18-19-38(24-37)59(44)48(61)43(57-50(63)65-4)32-8-6-5-7-9-32/h5-17,22-23,26-27,29,37-38,41-44H,18-21,24-25,28H2,1-4H3,(H,52,54)(H,53,55)(H,56,62)(H,57,63)/t37-,38+,41-,42?,43+,44-/m0/s1. The molecule has 14 nitrogen and oxygen atoms in total. The Bertz CT molecular complexity index is 2760. The van der Waals surface area contributed by atoms with Crippen LogP contribution in [0.5, 0.6) is 0 Å². The normalized spacial score (nSPS) is 21.4. The zero-order valence-corrected chi connectivity index (χ0v) is 37.0. The van der Waals surface area contributed by atoms with Gasteiger partial charge in [-0.05, 0) is 101 Å². The quantitative estimate of drug-likeness (QED) is 0.0999. The molecule has 4 heterocycles. The Hall–Kier alpha value is -6.96. The Labute approximate surface area is 377 Å². The van der Waals surface area contributed by atoms with Gasteiger partial charge in [-0.15, -0.1) is 0 Å². The molecular weight excluding hydrogens is 821 g/mol. The highest BCUT2D eigenvalue weighted by molar-refractivity contribution is 5.91. The third-order valence-electron chi connectivity index (χ3n) is 14.3. The summed E-state index contributed by atoms with van der Waals surface area (Å²) >= 11 is 0. The van der Waals surface area contributed by atoms with E-state index in [1.165, 1.54) is 14.2 Å². The van der Waals surface area contributed by atoms with Gasteiger partial charge >= 0.3 is 12.2 Å². The van der Waals surface area contributed by atoms with Crippen molar-refractivity contribution in [3.8, 4) is 33.6 Å². The van der Waals surface area contributed by atoms with Crippen LogP contribution in [0.1, 0.15) is 87.7 Å². The average molecular weight is 875 g/mol. The fourth-order valence-corrected chi connectivity index (χ4v) is 10.6. The smallest absolute Gasteiger partial charge is 0.407 e. The molecule has 1 unspecified atom stereocenters. The predicted molar refractivity (Wildman–Crippen MR) is 245 cm³/mol. The molecule has 2 saturated carbocycles. The van der Waals surface area contributed by atoms with Crippen molar-refractivity contribution in [2.24, 2.45) is 17.3 Å². The lowest BCUT2D eigenvalue weighted by Gasteiger charge is -2.36. The molecule has 2 aliphatic carbocycles. The molecule has 4 amide bonds. The highest BCUT2D eigenvalue weighted by Gasteiger charge is 2.55. The Morgan fingerprint density at radius 2 is 1.34 bits per heavy atom. The third kappa shape index (κ3) is 7.99. The number of rotatable bonds is 11. The van der Waals surface area contributed by atoms with Gasteiger partial charge in [0, 0.05) is 18.2 Å². The summed E-state index contributed by atoms with van der Waals surface area (Å²) < 4.78 is 9.73. The largest absolute Gasteiger partial charge is 0.453 e. The van der Waals surface area contributed by atoms with Crippen molar-refractivity contribution in [2.75, 3.05) is 20.8 Å². The van der Waals surface area contributed by atoms with Crippen LogP contribution in [0.4, 0.5) is 9.59 Å². The number of carbonyl (C=O) groups is 4. The number of imidazole rings is 2. The molecule has 14 heteroatoms. The summed E-state index contributed by atoms with van der Waals surface area (Å²) in [5, 5.41) is 7.74. The number of amides is 4. The molecule has 65 heavy (non-hydrogen) atoms. The van der Waals surface area contributed by atoms with Gasteiger partial charge in [0.05, 0.1) is 50.1 Å². The molecule has 4 aliphatic rings. The summed E-state index contributed by atoms with van der Waals surface area (Å²) in [6.45, 7) is 4.51. The third-order valence-corrected chi connectivity index (χ3v) is 14.3. The number of nitrogens with zero attached hydrogens (tertiary/aromatic N) is 4. The van der Waals surface area contributed by atoms with E-state index in [0.29, 0.717) is 12.1 Å². The Morgan fingerprint density at radius 1 is 0.723 bits per heavy atom. The number of likely N-dealkylation sites (tertiary alicyclic amines) is 2. The number of ether oxygens (including phenoxy) is 2. The van der Waals surface area contributed by atoms with E-state index in [9.17, 15) is 19.2 Å². The summed E-state index contributed by atoms with van der Waals surface area (Å²) in [4.78, 5) is 73.4. The lowest BCUT2D eigenvalue weighted by atomic mass is 9.96. The Morgan fingerprint density at radius 3 is 2.03 bits per heavy atom. The van der Waals surface area contributed by atoms with Gasteiger partial charge in [0.25, 0.3) is 5.91 Å². The minimum Gasteiger partial charge on any atom is -0.453 e. The van der Waals surface area contributed by atoms with Crippen molar-refractivity contribution in [1.29, 1.82) is 0 Å². The second-order valence-electron chi connectivity index (χ2n) is 18.7. The SMILES string of the molecule is COC(=O)NC(C(=O)N1CC2(CC2)C[C@H]1c1ncc(-c2ccc3cc(-c4ccc(-c5cnc([C@@H]6[C@H]7CC[C@H](C7)N6C(=O)[C@H](NC(=O)OC)c6ccccc6)[nH]5)cc4)ccc3c2)[nH]1)C(C)C. The number of H-pyrrole nitrogens is 2. The van der Waals surface area contributed by atoms with Crippen LogP contribution in [-0.4, -0.2) is 86.6 Å². The van der Waals surface area contributed by atoms with Crippen LogP contribution in [0.3, 0.4) is 0 Å². The van der Waals surface area contributed by atoms with Gasteiger partial charge in [0.1, 0.15) is 23.7 Å². The van der Waals surface area contributed by atoms with Crippen molar-refractivity contribution < 1.29 is 28.7 Å². The summed E-state index contributed by atoms with van der Waals surface area (Å²) in [5.74, 6) is 1.40. The van der Waals surface area contributed by atoms with E-state index in [1.54, 1.807) is 0 Å². The van der Waals surface area contributed by atoms with Gasteiger partial charge in [0.15, 0.2) is 0 Å². The highest BCUT2D eigenvalue weighted by Crippen LogP contribution is 2.58. The van der Waals surface area contributed by atoms with E-state index in [2.05, 4.69) is 81.3 Å². The van der Waals surface area contributed by atoms with Crippen LogP contribution in [0.25, 0.3) is 44.4 Å². The first-order valence-corrected chi connectivity index (χ1v) is 22.6. The molecule has 2 bridgehead atoms. The Kier molecular flexibility index (Phi) is 10.9. The number of fused-ring (bicyclic) bond motifs is 3. The van der Waals surface area contributed by atoms with Crippen LogP contribution >= 0.6 is 0 Å². The molecule has 6 aromatic rings. The fourth-order valence-electron chi connectivity index (χ4n) is 10.6. The number of nitrogens with one attached hydrogen (secondary N) is 4. The summed E-state index contributed by atoms with van der Waals surface area (Å²) in [7, 11) is 2.61. The number of methoxy groups -OCH3 is 2. The summed E-state index contributed by atoms with van der Waals surface area (Å²) in [5.41, 5.74) is 6.74. The van der Waals surface area contributed by atoms with Crippen LogP contribution in [-0.2, 0) is 19.1 Å². The van der Waals surface area contributed by atoms with E-state index in [-0.39, 0.29) is 47.2 Å². The topological polar surface area (TPSA) is 175 Å². The number of benzene rings is 4. The summed E-state index contributed by atoms with van der Waals surface area (Å²) in [6, 6.07) is 28.7. The molecular formula is C51H54N8O6. The number of carbonyl (C=O) groups excluding carboxylic acids is 4. The number of aromatic nitrogens is 4. The predicted octanol–water partition coefficient (Wildman–Crippen LogP) is 8.87. The second-order valence-corrected chi connectivity index (χ2v) is 18.7. The van der Waals surface area contributed by atoms with E-state index in [1.807, 2.05) is 66.4 Å². The maximum atomic E-state index is 14.3. The molecule has 10 rings (SSSR count). The second kappa shape index (κ2) is 16.9. The van der Waals surface area contributed by atoms with Gasteiger partial charge in [-0.25, -0.2) is 19.6 Å². The first-order chi connectivity index (χ1) is 31.5. The summed E-state index contributed by atoms with van der Waals surface area (Å²) in [6.07, 6.45) is 8.28. The van der Waals surface area contributed by atoms with Gasteiger partial charge in [-0.3, -0.25) is 9.59 Å². The first kappa shape index (κ1) is 42.0. The van der Waals surface area contributed by atoms with Gasteiger partial charge in [-0.2, -0.15) is 0 Å². The van der Waals surface area contributed by atoms with E-state index in [0.717, 1.165) is 94.6 Å². The molecule has 4 fully saturated rings. The minimum absolute atomic E-state index is 0.0761. The molecule has 2 aliphatic heterocycles.